The number of nitrogens with two attached hydrogens (primary N) is 1. The monoisotopic (exact) mass is 252 g/mol. The molecule has 17 heavy (non-hydrogen) atoms. The van der Waals surface area contributed by atoms with Crippen LogP contribution in [-0.4, -0.2) is 23.4 Å². The Balaban J connectivity index is 2.21. The number of amides is 1. The fourth-order valence-electron chi connectivity index (χ4n) is 2.12. The minimum Gasteiger partial charge on any atom is -0.332 e. The maximum Gasteiger partial charge on any atom is 0.237 e. The molecule has 1 atom stereocenters. The first-order valence-electron chi connectivity index (χ1n) is 5.90. The molecule has 1 fully saturated rings. The predicted molar refractivity (Wildman–Crippen MR) is 68.8 cm³/mol. The first kappa shape index (κ1) is 12.4. The summed E-state index contributed by atoms with van der Waals surface area (Å²) in [5, 5.41) is 0.699. The van der Waals surface area contributed by atoms with E-state index in [0.717, 1.165) is 18.4 Å². The highest BCUT2D eigenvalue weighted by Crippen LogP contribution is 2.34. The van der Waals surface area contributed by atoms with Crippen molar-refractivity contribution in [2.45, 2.75) is 31.8 Å². The molecule has 1 aromatic rings. The second kappa shape index (κ2) is 5.07. The lowest BCUT2D eigenvalue weighted by Crippen LogP contribution is -2.39. The number of nitrogens with zero attached hydrogens (tertiary/aromatic N) is 1. The van der Waals surface area contributed by atoms with Gasteiger partial charge in [0.25, 0.3) is 0 Å². The molecule has 0 bridgehead atoms. The maximum atomic E-state index is 11.9. The Morgan fingerprint density at radius 3 is 2.82 bits per heavy atom. The molecule has 1 aliphatic rings. The van der Waals surface area contributed by atoms with E-state index in [1.54, 1.807) is 0 Å². The lowest BCUT2D eigenvalue weighted by molar-refractivity contribution is -0.132. The van der Waals surface area contributed by atoms with Gasteiger partial charge in [0.1, 0.15) is 0 Å². The van der Waals surface area contributed by atoms with Crippen molar-refractivity contribution in [3.8, 4) is 0 Å². The summed E-state index contributed by atoms with van der Waals surface area (Å²) in [4.78, 5) is 13.8. The lowest BCUT2D eigenvalue weighted by atomic mass is 10.1. The van der Waals surface area contributed by atoms with Gasteiger partial charge in [0.2, 0.25) is 5.91 Å². The van der Waals surface area contributed by atoms with Crippen LogP contribution < -0.4 is 5.73 Å². The van der Waals surface area contributed by atoms with Crippen molar-refractivity contribution in [3.05, 3.63) is 34.9 Å². The van der Waals surface area contributed by atoms with E-state index < -0.39 is 0 Å². The highest BCUT2D eigenvalue weighted by Gasteiger charge is 2.35. The minimum absolute atomic E-state index is 0.0139. The normalized spacial score (nSPS) is 16.6. The zero-order chi connectivity index (χ0) is 12.4. The van der Waals surface area contributed by atoms with E-state index in [-0.39, 0.29) is 18.5 Å². The molecule has 4 heteroatoms. The average Bonchev–Trinajstić information content (AvgIpc) is 3.13. The second-order valence-electron chi connectivity index (χ2n) is 4.47. The molecule has 92 valence electrons. The Morgan fingerprint density at radius 2 is 2.29 bits per heavy atom. The van der Waals surface area contributed by atoms with Crippen LogP contribution in [0.3, 0.4) is 0 Å². The minimum atomic E-state index is 0.0139. The summed E-state index contributed by atoms with van der Waals surface area (Å²) in [6.45, 7) is 2.10. The molecule has 1 amide bonds. The third-order valence-electron chi connectivity index (χ3n) is 3.15. The van der Waals surface area contributed by atoms with Crippen molar-refractivity contribution >= 4 is 17.5 Å². The molecule has 1 saturated carbocycles. The molecular weight excluding hydrogens is 236 g/mol. The molecule has 1 aromatic carbocycles. The molecule has 0 heterocycles. The van der Waals surface area contributed by atoms with Gasteiger partial charge in [-0.05, 0) is 37.5 Å². The molecule has 0 radical (unpaired) electrons. The second-order valence-corrected chi connectivity index (χ2v) is 4.90. The number of carbonyl (C=O) groups is 1. The van der Waals surface area contributed by atoms with E-state index in [1.165, 1.54) is 0 Å². The third-order valence-corrected chi connectivity index (χ3v) is 3.39. The fourth-order valence-corrected chi connectivity index (χ4v) is 2.32. The van der Waals surface area contributed by atoms with Gasteiger partial charge in [-0.1, -0.05) is 23.7 Å². The molecule has 0 aliphatic heterocycles. The lowest BCUT2D eigenvalue weighted by Gasteiger charge is -2.29. The van der Waals surface area contributed by atoms with Crippen LogP contribution in [0.15, 0.2) is 24.3 Å². The van der Waals surface area contributed by atoms with E-state index in [0.29, 0.717) is 11.1 Å². The van der Waals surface area contributed by atoms with Gasteiger partial charge < -0.3 is 10.6 Å². The van der Waals surface area contributed by atoms with Gasteiger partial charge in [-0.25, -0.2) is 0 Å². The van der Waals surface area contributed by atoms with Crippen molar-refractivity contribution in [2.75, 3.05) is 6.54 Å². The molecule has 0 aromatic heterocycles. The van der Waals surface area contributed by atoms with Crippen molar-refractivity contribution < 1.29 is 4.79 Å². The summed E-state index contributed by atoms with van der Waals surface area (Å²) >= 11 is 5.97. The molecule has 0 saturated heterocycles. The van der Waals surface area contributed by atoms with Crippen LogP contribution >= 0.6 is 11.6 Å². The topological polar surface area (TPSA) is 46.3 Å². The molecular formula is C13H17ClN2O. The van der Waals surface area contributed by atoms with Crippen LogP contribution in [0.4, 0.5) is 0 Å². The molecule has 0 unspecified atom stereocenters. The number of hydrogen-bond donors (Lipinski definition) is 1. The Labute approximate surface area is 107 Å². The molecule has 2 rings (SSSR count). The largest absolute Gasteiger partial charge is 0.332 e. The van der Waals surface area contributed by atoms with Gasteiger partial charge in [0.05, 0.1) is 12.6 Å². The summed E-state index contributed by atoms with van der Waals surface area (Å²) in [6, 6.07) is 8.05. The van der Waals surface area contributed by atoms with Gasteiger partial charge >= 0.3 is 0 Å². The smallest absolute Gasteiger partial charge is 0.237 e. The molecule has 3 nitrogen and oxygen atoms in total. The number of rotatable bonds is 4. The first-order chi connectivity index (χ1) is 8.13. The Hall–Kier alpha value is -1.06. The van der Waals surface area contributed by atoms with Gasteiger partial charge in [0.15, 0.2) is 0 Å². The van der Waals surface area contributed by atoms with Gasteiger partial charge in [0, 0.05) is 11.1 Å². The third kappa shape index (κ3) is 2.79. The van der Waals surface area contributed by atoms with E-state index in [9.17, 15) is 4.79 Å². The molecule has 0 spiro atoms. The number of halogens is 1. The Bertz CT molecular complexity index is 418. The van der Waals surface area contributed by atoms with E-state index in [1.807, 2.05) is 36.1 Å². The van der Waals surface area contributed by atoms with Crippen LogP contribution in [-0.2, 0) is 4.79 Å². The van der Waals surface area contributed by atoms with Crippen molar-refractivity contribution in [1.82, 2.24) is 4.90 Å². The first-order valence-corrected chi connectivity index (χ1v) is 6.28. The van der Waals surface area contributed by atoms with Crippen molar-refractivity contribution in [1.29, 1.82) is 0 Å². The van der Waals surface area contributed by atoms with Crippen LogP contribution in [0.5, 0.6) is 0 Å². The summed E-state index contributed by atoms with van der Waals surface area (Å²) in [6.07, 6.45) is 2.16. The number of hydrogen-bond acceptors (Lipinski definition) is 2. The molecule has 2 N–H and O–H groups in total. The van der Waals surface area contributed by atoms with Crippen LogP contribution in [0.2, 0.25) is 5.02 Å². The standard InChI is InChI=1S/C13H17ClN2O/c1-9(10-3-2-4-11(14)7-10)16(12-5-6-12)13(17)8-15/h2-4,7,9,12H,5-6,8,15H2,1H3/t9-/m1/s1. The van der Waals surface area contributed by atoms with Crippen LogP contribution in [0.25, 0.3) is 0 Å². The maximum absolute atomic E-state index is 11.9. The van der Waals surface area contributed by atoms with E-state index in [2.05, 4.69) is 0 Å². The van der Waals surface area contributed by atoms with Crippen LogP contribution in [0.1, 0.15) is 31.4 Å². The number of carbonyl (C=O) groups excluding carboxylic acids is 1. The average molecular weight is 253 g/mol. The highest BCUT2D eigenvalue weighted by molar-refractivity contribution is 6.30. The zero-order valence-corrected chi connectivity index (χ0v) is 10.7. The SMILES string of the molecule is C[C@H](c1cccc(Cl)c1)N(C(=O)CN)C1CC1. The Morgan fingerprint density at radius 1 is 1.59 bits per heavy atom. The summed E-state index contributed by atoms with van der Waals surface area (Å²) in [7, 11) is 0. The zero-order valence-electron chi connectivity index (χ0n) is 9.90. The fraction of sp³-hybridized carbons (Fsp3) is 0.462. The van der Waals surface area contributed by atoms with Crippen molar-refractivity contribution in [2.24, 2.45) is 5.73 Å². The van der Waals surface area contributed by atoms with Crippen molar-refractivity contribution in [3.63, 3.8) is 0 Å². The summed E-state index contributed by atoms with van der Waals surface area (Å²) in [5.41, 5.74) is 6.53. The molecule has 1 aliphatic carbocycles. The predicted octanol–water partition coefficient (Wildman–Crippen LogP) is 2.35. The summed E-state index contributed by atoms with van der Waals surface area (Å²) < 4.78 is 0. The van der Waals surface area contributed by atoms with Gasteiger partial charge in [-0.15, -0.1) is 0 Å². The van der Waals surface area contributed by atoms with Gasteiger partial charge in [-0.2, -0.15) is 0 Å². The highest BCUT2D eigenvalue weighted by atomic mass is 35.5. The van der Waals surface area contributed by atoms with E-state index >= 15 is 0 Å². The van der Waals surface area contributed by atoms with Crippen LogP contribution in [0, 0.1) is 0 Å². The van der Waals surface area contributed by atoms with Gasteiger partial charge in [-0.3, -0.25) is 4.79 Å². The van der Waals surface area contributed by atoms with E-state index in [4.69, 9.17) is 17.3 Å². The summed E-state index contributed by atoms with van der Waals surface area (Å²) in [5.74, 6) is 0.0139. The Kier molecular flexibility index (Phi) is 3.69. The number of benzene rings is 1. The quantitative estimate of drug-likeness (QED) is 0.894.